The molecule has 2 aromatic rings. The molecule has 0 unspecified atom stereocenters. The minimum Gasteiger partial charge on any atom is -0.482 e. The van der Waals surface area contributed by atoms with Gasteiger partial charge in [-0.15, -0.1) is 0 Å². The molecule has 2 amide bonds. The van der Waals surface area contributed by atoms with Crippen molar-refractivity contribution in [3.63, 3.8) is 0 Å². The molecule has 3 rings (SSSR count). The number of nitrogens with one attached hydrogen (secondary N) is 2. The maximum Gasteiger partial charge on any atom is 0.262 e. The van der Waals surface area contributed by atoms with E-state index in [0.717, 1.165) is 17.7 Å². The molecule has 0 radical (unpaired) electrons. The van der Waals surface area contributed by atoms with Crippen LogP contribution >= 0.6 is 0 Å². The van der Waals surface area contributed by atoms with Crippen molar-refractivity contribution in [1.82, 2.24) is 0 Å². The van der Waals surface area contributed by atoms with Gasteiger partial charge in [-0.05, 0) is 36.2 Å². The second kappa shape index (κ2) is 5.89. The Morgan fingerprint density at radius 3 is 2.91 bits per heavy atom. The summed E-state index contributed by atoms with van der Waals surface area (Å²) in [6.45, 7) is 2.01. The molecule has 112 valence electrons. The van der Waals surface area contributed by atoms with Crippen molar-refractivity contribution in [3.05, 3.63) is 53.6 Å². The first kappa shape index (κ1) is 14.1. The fourth-order valence-corrected chi connectivity index (χ4v) is 2.36. The van der Waals surface area contributed by atoms with Crippen LogP contribution in [0.4, 0.5) is 11.4 Å². The van der Waals surface area contributed by atoms with E-state index in [0.29, 0.717) is 17.0 Å². The quantitative estimate of drug-likeness (QED) is 0.915. The molecule has 0 spiro atoms. The largest absolute Gasteiger partial charge is 0.482 e. The van der Waals surface area contributed by atoms with E-state index in [1.165, 1.54) is 0 Å². The highest BCUT2D eigenvalue weighted by atomic mass is 16.5. The first-order valence-corrected chi connectivity index (χ1v) is 7.13. The van der Waals surface area contributed by atoms with Crippen LogP contribution in [0.2, 0.25) is 0 Å². The summed E-state index contributed by atoms with van der Waals surface area (Å²) >= 11 is 0. The lowest BCUT2D eigenvalue weighted by Crippen LogP contribution is -2.25. The van der Waals surface area contributed by atoms with Gasteiger partial charge < -0.3 is 15.4 Å². The lowest BCUT2D eigenvalue weighted by Gasteiger charge is -2.18. The summed E-state index contributed by atoms with van der Waals surface area (Å²) in [5, 5.41) is 5.61. The summed E-state index contributed by atoms with van der Waals surface area (Å²) < 4.78 is 5.33. The van der Waals surface area contributed by atoms with Crippen LogP contribution in [0.5, 0.6) is 5.75 Å². The first-order chi connectivity index (χ1) is 10.7. The van der Waals surface area contributed by atoms with E-state index in [2.05, 4.69) is 10.6 Å². The second-order valence-corrected chi connectivity index (χ2v) is 5.01. The molecule has 0 atom stereocenters. The summed E-state index contributed by atoms with van der Waals surface area (Å²) in [7, 11) is 0. The Balaban J connectivity index is 1.82. The number of rotatable bonds is 3. The van der Waals surface area contributed by atoms with Gasteiger partial charge in [-0.2, -0.15) is 0 Å². The number of para-hydroxylation sites is 1. The molecule has 5 nitrogen and oxygen atoms in total. The number of fused-ring (bicyclic) bond motifs is 1. The molecule has 0 saturated carbocycles. The van der Waals surface area contributed by atoms with Crippen molar-refractivity contribution in [2.24, 2.45) is 0 Å². The van der Waals surface area contributed by atoms with Crippen molar-refractivity contribution in [2.45, 2.75) is 13.3 Å². The monoisotopic (exact) mass is 296 g/mol. The van der Waals surface area contributed by atoms with Crippen molar-refractivity contribution in [3.8, 4) is 5.75 Å². The molecule has 0 fully saturated rings. The zero-order valence-corrected chi connectivity index (χ0v) is 12.2. The lowest BCUT2D eigenvalue weighted by atomic mass is 10.1. The minimum absolute atomic E-state index is 0.0310. The van der Waals surface area contributed by atoms with E-state index in [9.17, 15) is 9.59 Å². The normalized spacial score (nSPS) is 12.9. The van der Waals surface area contributed by atoms with E-state index in [-0.39, 0.29) is 18.4 Å². The number of hydrogen-bond donors (Lipinski definition) is 2. The predicted molar refractivity (Wildman–Crippen MR) is 84.3 cm³/mol. The molecule has 2 N–H and O–H groups in total. The Morgan fingerprint density at radius 2 is 2.09 bits per heavy atom. The molecular formula is C17H16N2O3. The molecule has 0 saturated heterocycles. The van der Waals surface area contributed by atoms with Gasteiger partial charge in [0.05, 0.1) is 5.69 Å². The van der Waals surface area contributed by atoms with Gasteiger partial charge in [-0.1, -0.05) is 25.1 Å². The Hall–Kier alpha value is -2.82. The summed E-state index contributed by atoms with van der Waals surface area (Å²) in [5.74, 6) is 0.113. The third-order valence-electron chi connectivity index (χ3n) is 3.52. The number of carbonyl (C=O) groups excluding carboxylic acids is 2. The number of benzene rings is 2. The SMILES string of the molecule is CCc1ccccc1NC(=O)c1ccc2c(c1)OCC(=O)N2. The van der Waals surface area contributed by atoms with Crippen LogP contribution in [-0.4, -0.2) is 18.4 Å². The van der Waals surface area contributed by atoms with Crippen LogP contribution < -0.4 is 15.4 Å². The van der Waals surface area contributed by atoms with Gasteiger partial charge in [0.2, 0.25) is 0 Å². The first-order valence-electron chi connectivity index (χ1n) is 7.13. The minimum atomic E-state index is -0.204. The van der Waals surface area contributed by atoms with E-state index in [4.69, 9.17) is 4.74 Å². The third kappa shape index (κ3) is 2.79. The van der Waals surface area contributed by atoms with Gasteiger partial charge in [-0.3, -0.25) is 9.59 Å². The maximum absolute atomic E-state index is 12.4. The molecule has 2 aromatic carbocycles. The Bertz CT molecular complexity index is 740. The number of aryl methyl sites for hydroxylation is 1. The highest BCUT2D eigenvalue weighted by Crippen LogP contribution is 2.29. The number of ether oxygens (including phenoxy) is 1. The highest BCUT2D eigenvalue weighted by molar-refractivity contribution is 6.06. The van der Waals surface area contributed by atoms with Crippen molar-refractivity contribution >= 4 is 23.2 Å². The predicted octanol–water partition coefficient (Wildman–Crippen LogP) is 2.83. The number of amides is 2. The summed E-state index contributed by atoms with van der Waals surface area (Å²) in [6, 6.07) is 12.7. The van der Waals surface area contributed by atoms with Crippen LogP contribution in [0.15, 0.2) is 42.5 Å². The summed E-state index contributed by atoms with van der Waals surface area (Å²) in [4.78, 5) is 23.6. The molecule has 0 aromatic heterocycles. The zero-order chi connectivity index (χ0) is 15.5. The average molecular weight is 296 g/mol. The maximum atomic E-state index is 12.4. The molecule has 0 bridgehead atoms. The summed E-state index contributed by atoms with van der Waals surface area (Å²) in [5.41, 5.74) is 2.96. The van der Waals surface area contributed by atoms with Gasteiger partial charge >= 0.3 is 0 Å². The Morgan fingerprint density at radius 1 is 1.27 bits per heavy atom. The van der Waals surface area contributed by atoms with Crippen LogP contribution in [0, 0.1) is 0 Å². The lowest BCUT2D eigenvalue weighted by molar-refractivity contribution is -0.118. The molecule has 22 heavy (non-hydrogen) atoms. The van der Waals surface area contributed by atoms with Crippen LogP contribution in [0.3, 0.4) is 0 Å². The molecule has 0 aliphatic carbocycles. The number of hydrogen-bond acceptors (Lipinski definition) is 3. The van der Waals surface area contributed by atoms with E-state index < -0.39 is 0 Å². The van der Waals surface area contributed by atoms with Gasteiger partial charge in [0.1, 0.15) is 5.75 Å². The standard InChI is InChI=1S/C17H16N2O3/c1-2-11-5-3-4-6-13(11)19-17(21)12-7-8-14-15(9-12)22-10-16(20)18-14/h3-9H,2,10H2,1H3,(H,18,20)(H,19,21). The van der Waals surface area contributed by atoms with E-state index in [1.807, 2.05) is 31.2 Å². The van der Waals surface area contributed by atoms with Gasteiger partial charge in [0, 0.05) is 11.3 Å². The van der Waals surface area contributed by atoms with Crippen molar-refractivity contribution < 1.29 is 14.3 Å². The molecule has 1 aliphatic heterocycles. The van der Waals surface area contributed by atoms with Gasteiger partial charge in [0.25, 0.3) is 11.8 Å². The number of anilines is 2. The van der Waals surface area contributed by atoms with Gasteiger partial charge in [-0.25, -0.2) is 0 Å². The third-order valence-corrected chi connectivity index (χ3v) is 3.52. The van der Waals surface area contributed by atoms with Crippen LogP contribution in [0.1, 0.15) is 22.8 Å². The zero-order valence-electron chi connectivity index (χ0n) is 12.2. The second-order valence-electron chi connectivity index (χ2n) is 5.01. The molecule has 5 heteroatoms. The van der Waals surface area contributed by atoms with E-state index in [1.54, 1.807) is 18.2 Å². The highest BCUT2D eigenvalue weighted by Gasteiger charge is 2.18. The smallest absolute Gasteiger partial charge is 0.262 e. The van der Waals surface area contributed by atoms with Crippen LogP contribution in [0.25, 0.3) is 0 Å². The van der Waals surface area contributed by atoms with Crippen LogP contribution in [-0.2, 0) is 11.2 Å². The summed E-state index contributed by atoms with van der Waals surface area (Å²) in [6.07, 6.45) is 0.843. The Labute approximate surface area is 128 Å². The average Bonchev–Trinajstić information content (AvgIpc) is 2.54. The number of carbonyl (C=O) groups is 2. The molecule has 1 heterocycles. The van der Waals surface area contributed by atoms with Crippen molar-refractivity contribution in [1.29, 1.82) is 0 Å². The Kier molecular flexibility index (Phi) is 3.78. The van der Waals surface area contributed by atoms with E-state index >= 15 is 0 Å². The van der Waals surface area contributed by atoms with Crippen molar-refractivity contribution in [2.75, 3.05) is 17.2 Å². The topological polar surface area (TPSA) is 67.4 Å². The fraction of sp³-hybridized carbons (Fsp3) is 0.176. The molecular weight excluding hydrogens is 280 g/mol. The molecule has 1 aliphatic rings. The van der Waals surface area contributed by atoms with Gasteiger partial charge in [0.15, 0.2) is 6.61 Å². The fourth-order valence-electron chi connectivity index (χ4n) is 2.36.